The Labute approximate surface area is 228 Å². The molecule has 38 heavy (non-hydrogen) atoms. The summed E-state index contributed by atoms with van der Waals surface area (Å²) in [6.07, 6.45) is 3.86. The van der Waals surface area contributed by atoms with Crippen molar-refractivity contribution in [3.63, 3.8) is 0 Å². The number of para-hydroxylation sites is 1. The van der Waals surface area contributed by atoms with Crippen molar-refractivity contribution in [3.8, 4) is 0 Å². The Morgan fingerprint density at radius 2 is 1.76 bits per heavy atom. The van der Waals surface area contributed by atoms with Crippen LogP contribution in [0.15, 0.2) is 24.3 Å². The van der Waals surface area contributed by atoms with Gasteiger partial charge in [-0.25, -0.2) is 16.8 Å². The number of benzene rings is 1. The number of nitrogens with one attached hydrogen (secondary N) is 1. The van der Waals surface area contributed by atoms with E-state index in [-0.39, 0.29) is 41.2 Å². The van der Waals surface area contributed by atoms with Crippen LogP contribution in [0.2, 0.25) is 0 Å². The molecule has 4 rings (SSSR count). The van der Waals surface area contributed by atoms with E-state index in [4.69, 9.17) is 5.73 Å². The molecule has 0 aromatic heterocycles. The molecule has 1 aromatic carbocycles. The van der Waals surface area contributed by atoms with Gasteiger partial charge in [0.15, 0.2) is 0 Å². The summed E-state index contributed by atoms with van der Waals surface area (Å²) in [5.41, 5.74) is 8.36. The molecular weight excluding hydrogens is 524 g/mol. The number of hydrogen-bond acceptors (Lipinski definition) is 7. The van der Waals surface area contributed by atoms with E-state index in [0.717, 1.165) is 31.2 Å². The Kier molecular flexibility index (Phi) is 8.53. The number of amides is 1. The van der Waals surface area contributed by atoms with Gasteiger partial charge in [-0.3, -0.25) is 4.79 Å². The Bertz CT molecular complexity index is 1230. The first-order chi connectivity index (χ1) is 17.7. The quantitative estimate of drug-likeness (QED) is 0.464. The minimum atomic E-state index is -3.55. The second kappa shape index (κ2) is 11.1. The van der Waals surface area contributed by atoms with Crippen LogP contribution in [0.5, 0.6) is 0 Å². The van der Waals surface area contributed by atoms with E-state index < -0.39 is 31.8 Å². The van der Waals surface area contributed by atoms with Crippen molar-refractivity contribution in [2.75, 3.05) is 48.8 Å². The number of carbonyl (C=O) groups is 1. The number of nitrogens with zero attached hydrogens (tertiary/aromatic N) is 2. The van der Waals surface area contributed by atoms with Crippen LogP contribution in [0.4, 0.5) is 5.69 Å². The van der Waals surface area contributed by atoms with Gasteiger partial charge in [-0.1, -0.05) is 32.0 Å². The van der Waals surface area contributed by atoms with Crippen molar-refractivity contribution in [1.29, 1.82) is 0 Å². The maximum absolute atomic E-state index is 13.7. The fourth-order valence-corrected chi connectivity index (χ4v) is 9.57. The summed E-state index contributed by atoms with van der Waals surface area (Å²) in [6, 6.07) is 6.93. The highest BCUT2D eigenvalue weighted by Gasteiger charge is 2.54. The third kappa shape index (κ3) is 6.37. The summed E-state index contributed by atoms with van der Waals surface area (Å²) < 4.78 is 52.1. The van der Waals surface area contributed by atoms with E-state index in [2.05, 4.69) is 43.1 Å². The van der Waals surface area contributed by atoms with E-state index in [1.807, 2.05) is 12.1 Å². The average Bonchev–Trinajstić information content (AvgIpc) is 3.01. The topological polar surface area (TPSA) is 130 Å². The number of hydrogen-bond donors (Lipinski definition) is 2. The first-order valence-corrected chi connectivity index (χ1v) is 17.4. The van der Waals surface area contributed by atoms with E-state index in [1.54, 1.807) is 4.31 Å². The number of fused-ring (bicyclic) bond motifs is 2. The summed E-state index contributed by atoms with van der Waals surface area (Å²) in [5, 5.41) is 3.05. The van der Waals surface area contributed by atoms with Crippen molar-refractivity contribution in [2.24, 2.45) is 28.9 Å². The van der Waals surface area contributed by atoms with Gasteiger partial charge in [-0.2, -0.15) is 4.31 Å². The molecule has 1 saturated heterocycles. The summed E-state index contributed by atoms with van der Waals surface area (Å²) in [4.78, 5) is 15.2. The highest BCUT2D eigenvalue weighted by Crippen LogP contribution is 2.57. The molecule has 2 aliphatic carbocycles. The lowest BCUT2D eigenvalue weighted by Crippen LogP contribution is -2.57. The first-order valence-electron chi connectivity index (χ1n) is 13.7. The number of nitrogens with two attached hydrogens (primary N) is 1. The maximum atomic E-state index is 13.7. The highest BCUT2D eigenvalue weighted by molar-refractivity contribution is 7.90. The molecule has 2 bridgehead atoms. The number of sulfonamides is 1. The second-order valence-corrected chi connectivity index (χ2v) is 16.5. The summed E-state index contributed by atoms with van der Waals surface area (Å²) >= 11 is 0. The second-order valence-electron chi connectivity index (χ2n) is 12.2. The molecule has 2 saturated carbocycles. The van der Waals surface area contributed by atoms with Crippen LogP contribution in [0.1, 0.15) is 45.1 Å². The minimum absolute atomic E-state index is 0.00169. The molecule has 3 unspecified atom stereocenters. The number of anilines is 1. The molecule has 9 nitrogen and oxygen atoms in total. The fourth-order valence-electron chi connectivity index (χ4n) is 7.01. The molecule has 1 heterocycles. The largest absolute Gasteiger partial charge is 0.369 e. The number of piperazine rings is 1. The molecule has 0 spiro atoms. The van der Waals surface area contributed by atoms with E-state index in [1.165, 1.54) is 5.56 Å². The first kappa shape index (κ1) is 29.3. The number of rotatable bonds is 9. The van der Waals surface area contributed by atoms with E-state index in [0.29, 0.717) is 32.1 Å². The monoisotopic (exact) mass is 568 g/mol. The molecular formula is C27H44N4O5S2. The van der Waals surface area contributed by atoms with E-state index in [9.17, 15) is 21.6 Å². The van der Waals surface area contributed by atoms with Gasteiger partial charge in [-0.05, 0) is 67.4 Å². The molecule has 3 fully saturated rings. The van der Waals surface area contributed by atoms with Crippen molar-refractivity contribution in [2.45, 2.75) is 58.5 Å². The van der Waals surface area contributed by atoms with Gasteiger partial charge >= 0.3 is 0 Å². The van der Waals surface area contributed by atoms with Gasteiger partial charge in [-0.15, -0.1) is 0 Å². The molecule has 3 aliphatic rings. The molecule has 1 amide bonds. The highest BCUT2D eigenvalue weighted by atomic mass is 32.2. The molecule has 1 aliphatic heterocycles. The fraction of sp³-hybridized carbons (Fsp3) is 0.741. The Morgan fingerprint density at radius 3 is 2.39 bits per heavy atom. The van der Waals surface area contributed by atoms with Crippen LogP contribution in [-0.4, -0.2) is 83.1 Å². The summed E-state index contributed by atoms with van der Waals surface area (Å²) in [5.74, 6) is -0.178. The van der Waals surface area contributed by atoms with Gasteiger partial charge in [0.25, 0.3) is 0 Å². The van der Waals surface area contributed by atoms with Crippen molar-refractivity contribution >= 4 is 31.5 Å². The van der Waals surface area contributed by atoms with Crippen LogP contribution < -0.4 is 16.0 Å². The SMILES string of the molecule is Cc1ccccc1N1CCN(S(=O)(=O)CC2C3CCC(C[C@@H]2NC(=O)[C@@H](N)CCS(C)(=O)=O)C3(C)C)CC1. The zero-order chi connectivity index (χ0) is 27.9. The zero-order valence-electron chi connectivity index (χ0n) is 23.1. The normalized spacial score (nSPS) is 28.7. The van der Waals surface area contributed by atoms with Crippen LogP contribution in [-0.2, 0) is 24.7 Å². The van der Waals surface area contributed by atoms with Gasteiger partial charge < -0.3 is 16.0 Å². The van der Waals surface area contributed by atoms with Crippen molar-refractivity contribution < 1.29 is 21.6 Å². The predicted molar refractivity (Wildman–Crippen MR) is 151 cm³/mol. The van der Waals surface area contributed by atoms with Crippen LogP contribution in [0.25, 0.3) is 0 Å². The standard InChI is InChI=1S/C27H44N4O5S2/c1-19-7-5-6-8-25(19)30-12-14-31(15-13-30)38(35,36)18-21-22-10-9-20(27(22,2)3)17-24(21)29-26(32)23(28)11-16-37(4,33)34/h5-8,20-24H,9-18,28H2,1-4H3,(H,29,32)/t20?,21?,22?,23-,24-/m0/s1. The van der Waals surface area contributed by atoms with Crippen molar-refractivity contribution in [3.05, 3.63) is 29.8 Å². The summed E-state index contributed by atoms with van der Waals surface area (Å²) in [7, 11) is -6.78. The van der Waals surface area contributed by atoms with Gasteiger partial charge in [0.1, 0.15) is 9.84 Å². The van der Waals surface area contributed by atoms with Gasteiger partial charge in [0.05, 0.1) is 17.5 Å². The molecule has 214 valence electrons. The number of carbonyl (C=O) groups excluding carboxylic acids is 1. The lowest BCUT2D eigenvalue weighted by Gasteiger charge is -2.48. The Hall–Kier alpha value is -1.69. The smallest absolute Gasteiger partial charge is 0.237 e. The lowest BCUT2D eigenvalue weighted by atomic mass is 9.62. The van der Waals surface area contributed by atoms with E-state index >= 15 is 0 Å². The predicted octanol–water partition coefficient (Wildman–Crippen LogP) is 1.77. The molecule has 5 atom stereocenters. The minimum Gasteiger partial charge on any atom is -0.369 e. The van der Waals surface area contributed by atoms with Gasteiger partial charge in [0.2, 0.25) is 15.9 Å². The third-order valence-corrected chi connectivity index (χ3v) is 12.3. The lowest BCUT2D eigenvalue weighted by molar-refractivity contribution is -0.124. The number of sulfone groups is 1. The van der Waals surface area contributed by atoms with Crippen LogP contribution in [0, 0.1) is 30.1 Å². The maximum Gasteiger partial charge on any atom is 0.237 e. The molecule has 3 N–H and O–H groups in total. The van der Waals surface area contributed by atoms with Crippen molar-refractivity contribution in [1.82, 2.24) is 9.62 Å². The zero-order valence-corrected chi connectivity index (χ0v) is 24.7. The van der Waals surface area contributed by atoms with Crippen LogP contribution in [0.3, 0.4) is 0 Å². The number of aryl methyl sites for hydroxylation is 1. The third-order valence-electron chi connectivity index (χ3n) is 9.36. The van der Waals surface area contributed by atoms with Crippen LogP contribution >= 0.6 is 0 Å². The Morgan fingerprint density at radius 1 is 1.11 bits per heavy atom. The Balaban J connectivity index is 1.45. The van der Waals surface area contributed by atoms with Gasteiger partial charge in [0, 0.05) is 44.2 Å². The molecule has 11 heteroatoms. The molecule has 1 aromatic rings. The summed E-state index contributed by atoms with van der Waals surface area (Å²) in [6.45, 7) is 8.68. The average molecular weight is 569 g/mol. The molecule has 0 radical (unpaired) electrons.